The van der Waals surface area contributed by atoms with Crippen LogP contribution in [0.1, 0.15) is 30.0 Å². The summed E-state index contributed by atoms with van der Waals surface area (Å²) in [6.07, 6.45) is 3.12. The van der Waals surface area contributed by atoms with Crippen LogP contribution in [-0.2, 0) is 6.61 Å². The average molecular weight is 479 g/mol. The highest BCUT2D eigenvalue weighted by molar-refractivity contribution is 6.32. The Bertz CT molecular complexity index is 1510. The van der Waals surface area contributed by atoms with Crippen LogP contribution in [0.3, 0.4) is 0 Å². The molecule has 0 aliphatic heterocycles. The molecule has 0 aliphatic carbocycles. The molecule has 11 nitrogen and oxygen atoms in total. The van der Waals surface area contributed by atoms with Gasteiger partial charge in [-0.25, -0.2) is 0 Å². The largest absolute Gasteiger partial charge is 0.486 e. The molecule has 0 radical (unpaired) electrons. The minimum absolute atomic E-state index is 0.230. The SMILES string of the molecule is Cc1nnnn1-c1coc(NC(C)c2cc3cc(Cl)c(OCc4ccccn4)cc3[nH]c2=O)n1. The van der Waals surface area contributed by atoms with Crippen molar-refractivity contribution < 1.29 is 9.15 Å². The molecular formula is C22H19ClN8O3. The van der Waals surface area contributed by atoms with Crippen LogP contribution in [0.2, 0.25) is 5.02 Å². The summed E-state index contributed by atoms with van der Waals surface area (Å²) < 4.78 is 12.7. The summed E-state index contributed by atoms with van der Waals surface area (Å²) in [6.45, 7) is 3.84. The number of nitrogens with one attached hydrogen (secondary N) is 2. The minimum atomic E-state index is -0.409. The van der Waals surface area contributed by atoms with E-state index < -0.39 is 6.04 Å². The van der Waals surface area contributed by atoms with E-state index in [0.29, 0.717) is 33.5 Å². The molecule has 12 heteroatoms. The van der Waals surface area contributed by atoms with Crippen LogP contribution < -0.4 is 15.6 Å². The molecule has 0 saturated carbocycles. The maximum Gasteiger partial charge on any atom is 0.297 e. The fourth-order valence-electron chi connectivity index (χ4n) is 3.43. The van der Waals surface area contributed by atoms with Crippen molar-refractivity contribution >= 4 is 28.5 Å². The van der Waals surface area contributed by atoms with Gasteiger partial charge >= 0.3 is 0 Å². The summed E-state index contributed by atoms with van der Waals surface area (Å²) in [5, 5.41) is 15.5. The Labute approximate surface area is 197 Å². The van der Waals surface area contributed by atoms with E-state index in [1.165, 1.54) is 10.9 Å². The summed E-state index contributed by atoms with van der Waals surface area (Å²) in [4.78, 5) is 24.3. The molecule has 0 fully saturated rings. The van der Waals surface area contributed by atoms with Gasteiger partial charge in [0.15, 0.2) is 11.6 Å². The molecule has 0 saturated heterocycles. The number of halogens is 1. The van der Waals surface area contributed by atoms with Gasteiger partial charge in [-0.2, -0.15) is 9.67 Å². The molecule has 34 heavy (non-hydrogen) atoms. The van der Waals surface area contributed by atoms with Crippen molar-refractivity contribution in [1.82, 2.24) is 35.2 Å². The number of aromatic amines is 1. The monoisotopic (exact) mass is 478 g/mol. The highest BCUT2D eigenvalue weighted by Gasteiger charge is 2.16. The summed E-state index contributed by atoms with van der Waals surface area (Å²) in [5.41, 5.74) is 1.61. The Hall–Kier alpha value is -4.25. The number of aryl methyl sites for hydroxylation is 1. The number of anilines is 1. The quantitative estimate of drug-likeness (QED) is 0.359. The van der Waals surface area contributed by atoms with E-state index in [4.69, 9.17) is 20.8 Å². The number of fused-ring (bicyclic) bond motifs is 1. The van der Waals surface area contributed by atoms with Crippen LogP contribution in [-0.4, -0.2) is 35.2 Å². The fourth-order valence-corrected chi connectivity index (χ4v) is 3.65. The lowest BCUT2D eigenvalue weighted by Gasteiger charge is -2.14. The first-order chi connectivity index (χ1) is 16.5. The first kappa shape index (κ1) is 21.6. The van der Waals surface area contributed by atoms with Gasteiger partial charge in [-0.15, -0.1) is 5.10 Å². The highest BCUT2D eigenvalue weighted by atomic mass is 35.5. The number of oxazole rings is 1. The van der Waals surface area contributed by atoms with Crippen molar-refractivity contribution in [1.29, 1.82) is 0 Å². The Kier molecular flexibility index (Phi) is 5.68. The number of nitrogens with zero attached hydrogens (tertiary/aromatic N) is 6. The zero-order valence-electron chi connectivity index (χ0n) is 18.2. The summed E-state index contributed by atoms with van der Waals surface area (Å²) in [6, 6.07) is 10.6. The van der Waals surface area contributed by atoms with E-state index in [1.807, 2.05) is 25.1 Å². The normalized spacial score (nSPS) is 12.1. The molecule has 2 N–H and O–H groups in total. The Morgan fingerprint density at radius 3 is 2.94 bits per heavy atom. The van der Waals surface area contributed by atoms with Crippen molar-refractivity contribution in [2.75, 3.05) is 5.32 Å². The zero-order chi connectivity index (χ0) is 23.7. The number of H-pyrrole nitrogens is 1. The first-order valence-corrected chi connectivity index (χ1v) is 10.7. The molecular weight excluding hydrogens is 460 g/mol. The maximum absolute atomic E-state index is 12.8. The predicted molar refractivity (Wildman–Crippen MR) is 124 cm³/mol. The Balaban J connectivity index is 1.36. The third-order valence-corrected chi connectivity index (χ3v) is 5.46. The van der Waals surface area contributed by atoms with E-state index in [9.17, 15) is 4.79 Å². The number of tetrazole rings is 1. The number of rotatable bonds is 7. The van der Waals surface area contributed by atoms with Gasteiger partial charge in [0.1, 0.15) is 18.6 Å². The second kappa shape index (κ2) is 8.94. The zero-order valence-corrected chi connectivity index (χ0v) is 18.9. The third kappa shape index (κ3) is 4.33. The Morgan fingerprint density at radius 1 is 1.29 bits per heavy atom. The minimum Gasteiger partial charge on any atom is -0.486 e. The molecule has 1 aromatic carbocycles. The molecule has 5 rings (SSSR count). The van der Waals surface area contributed by atoms with Gasteiger partial charge in [0.25, 0.3) is 11.6 Å². The molecule has 0 amide bonds. The van der Waals surface area contributed by atoms with Crippen molar-refractivity contribution in [2.24, 2.45) is 0 Å². The highest BCUT2D eigenvalue weighted by Crippen LogP contribution is 2.30. The molecule has 4 heterocycles. The lowest BCUT2D eigenvalue weighted by molar-refractivity contribution is 0.302. The Morgan fingerprint density at radius 2 is 2.18 bits per heavy atom. The van der Waals surface area contributed by atoms with Crippen molar-refractivity contribution in [2.45, 2.75) is 26.5 Å². The van der Waals surface area contributed by atoms with Crippen LogP contribution in [0, 0.1) is 6.92 Å². The van der Waals surface area contributed by atoms with Crippen LogP contribution in [0.15, 0.2) is 58.1 Å². The van der Waals surface area contributed by atoms with Crippen LogP contribution in [0.4, 0.5) is 6.01 Å². The predicted octanol–water partition coefficient (Wildman–Crippen LogP) is 3.60. The molecule has 0 bridgehead atoms. The summed E-state index contributed by atoms with van der Waals surface area (Å²) in [5.74, 6) is 1.45. The molecule has 0 aliphatic rings. The van der Waals surface area contributed by atoms with Gasteiger partial charge in [-0.05, 0) is 48.5 Å². The molecule has 5 aromatic rings. The van der Waals surface area contributed by atoms with Gasteiger partial charge in [-0.3, -0.25) is 9.78 Å². The van der Waals surface area contributed by atoms with Crippen molar-refractivity contribution in [3.63, 3.8) is 0 Å². The van der Waals surface area contributed by atoms with Crippen LogP contribution >= 0.6 is 11.6 Å². The smallest absolute Gasteiger partial charge is 0.297 e. The van der Waals surface area contributed by atoms with Crippen molar-refractivity contribution in [3.05, 3.63) is 81.3 Å². The third-order valence-electron chi connectivity index (χ3n) is 5.17. The second-order valence-electron chi connectivity index (χ2n) is 7.55. The summed E-state index contributed by atoms with van der Waals surface area (Å²) in [7, 11) is 0. The molecule has 1 unspecified atom stereocenters. The standard InChI is InChI=1S/C22H19ClN8O3/c1-12(25-22-27-20(11-34-22)31-13(2)28-29-30-31)16-7-14-8-17(23)19(9-18(14)26-21(16)32)33-10-15-5-3-4-6-24-15/h3-9,11-12H,10H2,1-2H3,(H,25,27)(H,26,32). The number of ether oxygens (including phenoxy) is 1. The second-order valence-corrected chi connectivity index (χ2v) is 7.96. The van der Waals surface area contributed by atoms with Gasteiger partial charge in [0, 0.05) is 23.2 Å². The van der Waals surface area contributed by atoms with Gasteiger partial charge in [-0.1, -0.05) is 17.7 Å². The van der Waals surface area contributed by atoms with Crippen LogP contribution in [0.25, 0.3) is 16.7 Å². The van der Waals surface area contributed by atoms with Gasteiger partial charge in [0.2, 0.25) is 0 Å². The van der Waals surface area contributed by atoms with E-state index in [2.05, 4.69) is 35.8 Å². The average Bonchev–Trinajstić information content (AvgIpc) is 3.46. The van der Waals surface area contributed by atoms with E-state index in [-0.39, 0.29) is 18.2 Å². The fraction of sp³-hybridized carbons (Fsp3) is 0.182. The maximum atomic E-state index is 12.8. The number of pyridine rings is 2. The number of benzene rings is 1. The summed E-state index contributed by atoms with van der Waals surface area (Å²) >= 11 is 6.44. The first-order valence-electron chi connectivity index (χ1n) is 10.3. The van der Waals surface area contributed by atoms with E-state index in [0.717, 1.165) is 11.1 Å². The lowest BCUT2D eigenvalue weighted by atomic mass is 10.1. The van der Waals surface area contributed by atoms with Gasteiger partial charge < -0.3 is 19.5 Å². The number of hydrogen-bond donors (Lipinski definition) is 2. The lowest BCUT2D eigenvalue weighted by Crippen LogP contribution is -2.19. The van der Waals surface area contributed by atoms with E-state index >= 15 is 0 Å². The molecule has 0 spiro atoms. The molecule has 172 valence electrons. The van der Waals surface area contributed by atoms with E-state index in [1.54, 1.807) is 31.3 Å². The van der Waals surface area contributed by atoms with Gasteiger partial charge in [0.05, 0.1) is 22.3 Å². The number of aromatic nitrogens is 7. The van der Waals surface area contributed by atoms with Crippen LogP contribution in [0.5, 0.6) is 5.75 Å². The topological polar surface area (TPSA) is 137 Å². The molecule has 4 aromatic heterocycles. The van der Waals surface area contributed by atoms with Crippen molar-refractivity contribution in [3.8, 4) is 11.6 Å². The molecule has 1 atom stereocenters. The number of hydrogen-bond acceptors (Lipinski definition) is 9.